The standard InChI is InChI=1S/C18H37N3/c1-6-21-11-9-16(10-12-21)20(5)13-15-7-8-17(19)14(2)18(15,3)4/h14-17H,6-13,19H2,1-5H3. The van der Waals surface area contributed by atoms with Crippen LogP contribution in [0.5, 0.6) is 0 Å². The molecule has 21 heavy (non-hydrogen) atoms. The lowest BCUT2D eigenvalue weighted by molar-refractivity contribution is 0.0174. The average Bonchev–Trinajstić information content (AvgIpc) is 2.48. The normalized spacial score (nSPS) is 35.3. The summed E-state index contributed by atoms with van der Waals surface area (Å²) in [6, 6.07) is 1.18. The van der Waals surface area contributed by atoms with Crippen LogP contribution in [0, 0.1) is 17.3 Å². The third-order valence-corrected chi connectivity index (χ3v) is 6.85. The molecular weight excluding hydrogens is 258 g/mol. The first-order valence-corrected chi connectivity index (χ1v) is 9.04. The highest BCUT2D eigenvalue weighted by Gasteiger charge is 2.42. The van der Waals surface area contributed by atoms with Crippen LogP contribution < -0.4 is 5.73 Å². The molecule has 1 aliphatic heterocycles. The van der Waals surface area contributed by atoms with Gasteiger partial charge in [0, 0.05) is 18.6 Å². The molecule has 0 bridgehead atoms. The molecule has 0 spiro atoms. The van der Waals surface area contributed by atoms with E-state index >= 15 is 0 Å². The van der Waals surface area contributed by atoms with E-state index in [1.54, 1.807) is 0 Å². The minimum absolute atomic E-state index is 0.371. The third-order valence-electron chi connectivity index (χ3n) is 6.85. The largest absolute Gasteiger partial charge is 0.327 e. The summed E-state index contributed by atoms with van der Waals surface area (Å²) in [4.78, 5) is 5.24. The number of nitrogens with two attached hydrogens (primary N) is 1. The molecule has 0 aromatic rings. The molecule has 1 saturated heterocycles. The van der Waals surface area contributed by atoms with E-state index in [-0.39, 0.29) is 0 Å². The minimum atomic E-state index is 0.371. The maximum absolute atomic E-state index is 6.30. The predicted octanol–water partition coefficient (Wildman–Crippen LogP) is 2.80. The molecule has 2 aliphatic rings. The van der Waals surface area contributed by atoms with Crippen LogP contribution in [0.1, 0.15) is 53.4 Å². The molecule has 3 heteroatoms. The summed E-state index contributed by atoms with van der Waals surface area (Å²) in [5.74, 6) is 1.42. The second-order valence-electron chi connectivity index (χ2n) is 8.15. The highest BCUT2D eigenvalue weighted by molar-refractivity contribution is 4.95. The van der Waals surface area contributed by atoms with Crippen LogP contribution >= 0.6 is 0 Å². The van der Waals surface area contributed by atoms with Crippen molar-refractivity contribution in [2.75, 3.05) is 33.2 Å². The van der Waals surface area contributed by atoms with Gasteiger partial charge in [-0.2, -0.15) is 0 Å². The average molecular weight is 296 g/mol. The van der Waals surface area contributed by atoms with E-state index in [0.29, 0.717) is 17.4 Å². The fraction of sp³-hybridized carbons (Fsp3) is 1.00. The van der Waals surface area contributed by atoms with Crippen molar-refractivity contribution in [1.29, 1.82) is 0 Å². The molecule has 124 valence electrons. The van der Waals surface area contributed by atoms with Crippen LogP contribution in [0.25, 0.3) is 0 Å². The Morgan fingerprint density at radius 1 is 1.14 bits per heavy atom. The van der Waals surface area contributed by atoms with Crippen LogP contribution in [-0.2, 0) is 0 Å². The molecule has 3 unspecified atom stereocenters. The molecule has 1 heterocycles. The number of likely N-dealkylation sites (tertiary alicyclic amines) is 1. The molecule has 0 aromatic heterocycles. The summed E-state index contributed by atoms with van der Waals surface area (Å²) in [5, 5.41) is 0. The fourth-order valence-electron chi connectivity index (χ4n) is 4.44. The van der Waals surface area contributed by atoms with Crippen molar-refractivity contribution in [3.8, 4) is 0 Å². The van der Waals surface area contributed by atoms with Crippen molar-refractivity contribution in [2.24, 2.45) is 23.0 Å². The molecule has 1 aliphatic carbocycles. The summed E-state index contributed by atoms with van der Waals surface area (Å²) in [5.41, 5.74) is 6.67. The van der Waals surface area contributed by atoms with Gasteiger partial charge < -0.3 is 15.5 Å². The van der Waals surface area contributed by atoms with Crippen LogP contribution in [0.3, 0.4) is 0 Å². The smallest absolute Gasteiger partial charge is 0.0117 e. The number of piperidine rings is 1. The first-order chi connectivity index (χ1) is 9.86. The minimum Gasteiger partial charge on any atom is -0.327 e. The molecular formula is C18H37N3. The molecule has 3 nitrogen and oxygen atoms in total. The SMILES string of the molecule is CCN1CCC(N(C)CC2CCC(N)C(C)C2(C)C)CC1. The van der Waals surface area contributed by atoms with Gasteiger partial charge >= 0.3 is 0 Å². The van der Waals surface area contributed by atoms with Gasteiger partial charge in [0.25, 0.3) is 0 Å². The Labute approximate surface area is 132 Å². The molecule has 2 N–H and O–H groups in total. The van der Waals surface area contributed by atoms with Gasteiger partial charge in [-0.05, 0) is 69.6 Å². The Hall–Kier alpha value is -0.120. The second kappa shape index (κ2) is 6.97. The molecule has 0 radical (unpaired) electrons. The van der Waals surface area contributed by atoms with Gasteiger partial charge in [0.1, 0.15) is 0 Å². The monoisotopic (exact) mass is 295 g/mol. The fourth-order valence-corrected chi connectivity index (χ4v) is 4.44. The highest BCUT2D eigenvalue weighted by atomic mass is 15.2. The summed E-state index contributed by atoms with van der Waals surface area (Å²) in [6.45, 7) is 14.5. The first kappa shape index (κ1) is 17.2. The third kappa shape index (κ3) is 3.80. The van der Waals surface area contributed by atoms with E-state index in [4.69, 9.17) is 5.73 Å². The Morgan fingerprint density at radius 3 is 2.33 bits per heavy atom. The number of rotatable bonds is 4. The van der Waals surface area contributed by atoms with Gasteiger partial charge in [-0.3, -0.25) is 0 Å². The van der Waals surface area contributed by atoms with E-state index in [0.717, 1.165) is 12.0 Å². The summed E-state index contributed by atoms with van der Waals surface area (Å²) in [6.07, 6.45) is 5.19. The predicted molar refractivity (Wildman–Crippen MR) is 91.4 cm³/mol. The van der Waals surface area contributed by atoms with E-state index in [9.17, 15) is 0 Å². The van der Waals surface area contributed by atoms with E-state index in [2.05, 4.69) is 44.5 Å². The van der Waals surface area contributed by atoms with Crippen molar-refractivity contribution in [3.05, 3.63) is 0 Å². The van der Waals surface area contributed by atoms with Gasteiger partial charge in [-0.15, -0.1) is 0 Å². The molecule has 2 fully saturated rings. The summed E-state index contributed by atoms with van der Waals surface area (Å²) >= 11 is 0. The molecule has 0 aromatic carbocycles. The zero-order valence-corrected chi connectivity index (χ0v) is 14.9. The Kier molecular flexibility index (Phi) is 5.72. The van der Waals surface area contributed by atoms with Crippen molar-refractivity contribution in [1.82, 2.24) is 9.80 Å². The van der Waals surface area contributed by atoms with E-state index in [1.807, 2.05) is 0 Å². The van der Waals surface area contributed by atoms with Gasteiger partial charge in [-0.1, -0.05) is 27.7 Å². The lowest BCUT2D eigenvalue weighted by Gasteiger charge is -2.49. The lowest BCUT2D eigenvalue weighted by Crippen LogP contribution is -2.51. The van der Waals surface area contributed by atoms with Crippen molar-refractivity contribution >= 4 is 0 Å². The van der Waals surface area contributed by atoms with Crippen molar-refractivity contribution in [2.45, 2.75) is 65.5 Å². The topological polar surface area (TPSA) is 32.5 Å². The Bertz CT molecular complexity index is 320. The van der Waals surface area contributed by atoms with Crippen LogP contribution in [0.4, 0.5) is 0 Å². The van der Waals surface area contributed by atoms with Gasteiger partial charge in [-0.25, -0.2) is 0 Å². The maximum Gasteiger partial charge on any atom is 0.0117 e. The van der Waals surface area contributed by atoms with Gasteiger partial charge in [0.05, 0.1) is 0 Å². The number of hydrogen-bond acceptors (Lipinski definition) is 3. The Morgan fingerprint density at radius 2 is 1.76 bits per heavy atom. The van der Waals surface area contributed by atoms with E-state index < -0.39 is 0 Å². The highest BCUT2D eigenvalue weighted by Crippen LogP contribution is 2.44. The van der Waals surface area contributed by atoms with Crippen molar-refractivity contribution < 1.29 is 0 Å². The van der Waals surface area contributed by atoms with Gasteiger partial charge in [0.15, 0.2) is 0 Å². The molecule has 2 rings (SSSR count). The Balaban J connectivity index is 1.89. The summed E-state index contributed by atoms with van der Waals surface area (Å²) < 4.78 is 0. The molecule has 1 saturated carbocycles. The van der Waals surface area contributed by atoms with Crippen LogP contribution in [0.2, 0.25) is 0 Å². The molecule has 3 atom stereocenters. The first-order valence-electron chi connectivity index (χ1n) is 9.04. The van der Waals surface area contributed by atoms with Crippen LogP contribution in [-0.4, -0.2) is 55.1 Å². The number of nitrogens with zero attached hydrogens (tertiary/aromatic N) is 2. The lowest BCUT2D eigenvalue weighted by atomic mass is 9.61. The van der Waals surface area contributed by atoms with E-state index in [1.165, 1.54) is 51.9 Å². The second-order valence-corrected chi connectivity index (χ2v) is 8.15. The van der Waals surface area contributed by atoms with Gasteiger partial charge in [0.2, 0.25) is 0 Å². The van der Waals surface area contributed by atoms with Crippen LogP contribution in [0.15, 0.2) is 0 Å². The quantitative estimate of drug-likeness (QED) is 0.865. The zero-order chi connectivity index (χ0) is 15.6. The van der Waals surface area contributed by atoms with Crippen molar-refractivity contribution in [3.63, 3.8) is 0 Å². The molecule has 0 amide bonds. The zero-order valence-electron chi connectivity index (χ0n) is 14.9. The summed E-state index contributed by atoms with van der Waals surface area (Å²) in [7, 11) is 2.35. The maximum atomic E-state index is 6.30. The number of hydrogen-bond donors (Lipinski definition) is 1.